The first-order valence-corrected chi connectivity index (χ1v) is 8.55. The van der Waals surface area contributed by atoms with Crippen molar-refractivity contribution < 1.29 is 23.5 Å². The number of imide groups is 1. The van der Waals surface area contributed by atoms with Gasteiger partial charge in [-0.25, -0.2) is 19.0 Å². The van der Waals surface area contributed by atoms with Gasteiger partial charge in [0.25, 0.3) is 5.91 Å². The van der Waals surface area contributed by atoms with Crippen LogP contribution in [0.1, 0.15) is 29.2 Å². The lowest BCUT2D eigenvalue weighted by Gasteiger charge is -2.19. The number of halogens is 1. The fraction of sp³-hybridized carbons (Fsp3) is 0.294. The zero-order valence-corrected chi connectivity index (χ0v) is 15.2. The van der Waals surface area contributed by atoms with E-state index < -0.39 is 24.0 Å². The summed E-state index contributed by atoms with van der Waals surface area (Å²) in [5, 5.41) is 2.43. The number of nitrogens with two attached hydrogens (primary N) is 1. The van der Waals surface area contributed by atoms with Gasteiger partial charge in [0.15, 0.2) is 6.10 Å². The van der Waals surface area contributed by atoms with Gasteiger partial charge in [-0.05, 0) is 37.1 Å². The van der Waals surface area contributed by atoms with Crippen LogP contribution in [0.5, 0.6) is 0 Å². The zero-order chi connectivity index (χ0) is 19.4. The van der Waals surface area contributed by atoms with Gasteiger partial charge >= 0.3 is 12.0 Å². The lowest BCUT2D eigenvalue weighted by Crippen LogP contribution is -2.45. The van der Waals surface area contributed by atoms with Gasteiger partial charge in [-0.1, -0.05) is 13.8 Å². The number of rotatable bonds is 5. The van der Waals surface area contributed by atoms with Crippen molar-refractivity contribution in [3.05, 3.63) is 40.7 Å². The van der Waals surface area contributed by atoms with Crippen molar-refractivity contribution in [2.75, 3.05) is 0 Å². The minimum absolute atomic E-state index is 0.224. The maximum Gasteiger partial charge on any atom is 0.351 e. The van der Waals surface area contributed by atoms with Crippen LogP contribution in [0, 0.1) is 18.7 Å². The molecular formula is C17H18FN3O4S. The number of carbonyl (C=O) groups excluding carboxylic acids is 3. The average Bonchev–Trinajstić information content (AvgIpc) is 2.94. The molecule has 138 valence electrons. The summed E-state index contributed by atoms with van der Waals surface area (Å²) in [7, 11) is 0. The molecule has 0 spiro atoms. The number of thiazole rings is 1. The zero-order valence-electron chi connectivity index (χ0n) is 14.4. The summed E-state index contributed by atoms with van der Waals surface area (Å²) in [5.41, 5.74) is 6.02. The van der Waals surface area contributed by atoms with E-state index in [4.69, 9.17) is 10.5 Å². The van der Waals surface area contributed by atoms with Gasteiger partial charge in [0.05, 0.1) is 5.69 Å². The van der Waals surface area contributed by atoms with Gasteiger partial charge in [0.2, 0.25) is 0 Å². The average molecular weight is 379 g/mol. The van der Waals surface area contributed by atoms with E-state index in [1.54, 1.807) is 32.9 Å². The van der Waals surface area contributed by atoms with Crippen molar-refractivity contribution in [3.8, 4) is 10.6 Å². The lowest BCUT2D eigenvalue weighted by atomic mass is 10.1. The molecule has 0 bridgehead atoms. The van der Waals surface area contributed by atoms with Crippen LogP contribution >= 0.6 is 11.3 Å². The Kier molecular flexibility index (Phi) is 6.04. The summed E-state index contributed by atoms with van der Waals surface area (Å²) in [6.45, 7) is 4.97. The summed E-state index contributed by atoms with van der Waals surface area (Å²) in [6.07, 6.45) is -1.18. The second-order valence-corrected chi connectivity index (χ2v) is 6.86. The molecule has 1 heterocycles. The summed E-state index contributed by atoms with van der Waals surface area (Å²) in [6, 6.07) is 4.68. The Labute approximate surface area is 153 Å². The van der Waals surface area contributed by atoms with Crippen molar-refractivity contribution in [1.82, 2.24) is 10.3 Å². The molecule has 1 aromatic carbocycles. The third kappa shape index (κ3) is 4.63. The summed E-state index contributed by atoms with van der Waals surface area (Å²) in [5.74, 6) is -2.27. The van der Waals surface area contributed by atoms with Gasteiger partial charge in [-0.15, -0.1) is 11.3 Å². The molecule has 0 saturated heterocycles. The molecule has 3 amide bonds. The van der Waals surface area contributed by atoms with Gasteiger partial charge in [-0.2, -0.15) is 0 Å². The molecule has 9 heteroatoms. The summed E-state index contributed by atoms with van der Waals surface area (Å²) < 4.78 is 18.3. The Bertz CT molecular complexity index is 833. The van der Waals surface area contributed by atoms with E-state index in [2.05, 4.69) is 4.98 Å². The number of aromatic nitrogens is 1. The number of nitrogens with one attached hydrogen (secondary N) is 1. The molecule has 0 saturated carbocycles. The third-order valence-electron chi connectivity index (χ3n) is 3.42. The van der Waals surface area contributed by atoms with E-state index in [1.165, 1.54) is 12.1 Å². The molecule has 0 fully saturated rings. The quantitative estimate of drug-likeness (QED) is 0.776. The number of esters is 1. The minimum Gasteiger partial charge on any atom is -0.448 e. The first-order valence-electron chi connectivity index (χ1n) is 7.73. The fourth-order valence-electron chi connectivity index (χ4n) is 2.16. The van der Waals surface area contributed by atoms with Crippen LogP contribution in [0.2, 0.25) is 0 Å². The highest BCUT2D eigenvalue weighted by molar-refractivity contribution is 7.17. The number of hydrogen-bond donors (Lipinski definition) is 2. The second-order valence-electron chi connectivity index (χ2n) is 5.86. The van der Waals surface area contributed by atoms with E-state index in [0.29, 0.717) is 16.3 Å². The van der Waals surface area contributed by atoms with Gasteiger partial charge < -0.3 is 10.5 Å². The van der Waals surface area contributed by atoms with Crippen LogP contribution in [0.3, 0.4) is 0 Å². The van der Waals surface area contributed by atoms with Gasteiger partial charge in [0, 0.05) is 5.56 Å². The number of amides is 3. The van der Waals surface area contributed by atoms with Crippen molar-refractivity contribution in [2.45, 2.75) is 26.9 Å². The topological polar surface area (TPSA) is 111 Å². The maximum atomic E-state index is 13.0. The van der Waals surface area contributed by atoms with Crippen LogP contribution in [-0.4, -0.2) is 29.0 Å². The smallest absolute Gasteiger partial charge is 0.351 e. The highest BCUT2D eigenvalue weighted by Crippen LogP contribution is 2.29. The van der Waals surface area contributed by atoms with Gasteiger partial charge in [-0.3, -0.25) is 10.1 Å². The van der Waals surface area contributed by atoms with Crippen LogP contribution in [0.25, 0.3) is 10.6 Å². The molecule has 0 aliphatic heterocycles. The summed E-state index contributed by atoms with van der Waals surface area (Å²) >= 11 is 1.07. The number of primary amides is 1. The third-order valence-corrected chi connectivity index (χ3v) is 4.60. The molecule has 26 heavy (non-hydrogen) atoms. The number of urea groups is 1. The number of benzene rings is 1. The monoisotopic (exact) mass is 379 g/mol. The highest BCUT2D eigenvalue weighted by Gasteiger charge is 2.29. The van der Waals surface area contributed by atoms with Crippen LogP contribution < -0.4 is 11.1 Å². The molecule has 2 rings (SSSR count). The molecule has 0 unspecified atom stereocenters. The van der Waals surface area contributed by atoms with E-state index in [0.717, 1.165) is 11.3 Å². The van der Waals surface area contributed by atoms with E-state index in [9.17, 15) is 18.8 Å². The predicted octanol–water partition coefficient (Wildman–Crippen LogP) is 2.63. The Balaban J connectivity index is 2.22. The molecule has 0 aliphatic carbocycles. The van der Waals surface area contributed by atoms with Crippen LogP contribution in [0.4, 0.5) is 9.18 Å². The van der Waals surface area contributed by atoms with E-state index in [1.807, 2.05) is 5.32 Å². The lowest BCUT2D eigenvalue weighted by molar-refractivity contribution is -0.130. The number of nitrogens with zero attached hydrogens (tertiary/aromatic N) is 1. The van der Waals surface area contributed by atoms with Crippen LogP contribution in [-0.2, 0) is 9.53 Å². The first kappa shape index (κ1) is 19.5. The Morgan fingerprint density at radius 1 is 1.23 bits per heavy atom. The molecule has 0 aliphatic rings. The van der Waals surface area contributed by atoms with Gasteiger partial charge in [0.1, 0.15) is 15.7 Å². The van der Waals surface area contributed by atoms with E-state index in [-0.39, 0.29) is 16.6 Å². The van der Waals surface area contributed by atoms with Crippen molar-refractivity contribution in [1.29, 1.82) is 0 Å². The Morgan fingerprint density at radius 2 is 1.85 bits per heavy atom. The number of ether oxygens (including phenoxy) is 1. The van der Waals surface area contributed by atoms with Crippen molar-refractivity contribution in [2.24, 2.45) is 11.7 Å². The maximum absolute atomic E-state index is 13.0. The SMILES string of the molecule is Cc1nc(-c2ccc(F)cc2)sc1C(=O)O[C@@H](C(=O)NC(N)=O)C(C)C. The van der Waals surface area contributed by atoms with Crippen molar-refractivity contribution >= 4 is 29.2 Å². The molecule has 1 atom stereocenters. The number of aryl methyl sites for hydroxylation is 1. The minimum atomic E-state index is -1.18. The number of hydrogen-bond acceptors (Lipinski definition) is 6. The summed E-state index contributed by atoms with van der Waals surface area (Å²) in [4.78, 5) is 39.8. The molecule has 2 aromatic rings. The molecular weight excluding hydrogens is 361 g/mol. The molecule has 1 aromatic heterocycles. The Morgan fingerprint density at radius 3 is 2.38 bits per heavy atom. The molecule has 0 radical (unpaired) electrons. The van der Waals surface area contributed by atoms with Crippen molar-refractivity contribution in [3.63, 3.8) is 0 Å². The first-order chi connectivity index (χ1) is 12.2. The highest BCUT2D eigenvalue weighted by atomic mass is 32.1. The number of carbonyl (C=O) groups is 3. The molecule has 7 nitrogen and oxygen atoms in total. The predicted molar refractivity (Wildman–Crippen MR) is 94.0 cm³/mol. The standard InChI is InChI=1S/C17H18FN3O4S/c1-8(2)12(14(22)21-17(19)24)25-16(23)13-9(3)20-15(26-13)10-4-6-11(18)7-5-10/h4-8,12H,1-3H3,(H3,19,21,22,24)/t12-/m1/s1. The Hall–Kier alpha value is -2.81. The largest absolute Gasteiger partial charge is 0.448 e. The normalized spacial score (nSPS) is 11.9. The fourth-order valence-corrected chi connectivity index (χ4v) is 3.11. The second kappa shape index (κ2) is 8.05. The molecule has 3 N–H and O–H groups in total. The van der Waals surface area contributed by atoms with E-state index >= 15 is 0 Å². The van der Waals surface area contributed by atoms with Crippen LogP contribution in [0.15, 0.2) is 24.3 Å².